The number of hydrogen-bond donors (Lipinski definition) is 1. The third-order valence-corrected chi connectivity index (χ3v) is 8.95. The van der Waals surface area contributed by atoms with Gasteiger partial charge < -0.3 is 5.32 Å². The molecule has 3 aliphatic rings. The number of aryl methyl sites for hydroxylation is 2. The molecule has 8 rings (SSSR count). The third-order valence-electron chi connectivity index (χ3n) is 8.95. The van der Waals surface area contributed by atoms with Gasteiger partial charge in [0.05, 0.1) is 40.2 Å². The zero-order valence-corrected chi connectivity index (χ0v) is 22.6. The van der Waals surface area contributed by atoms with Crippen molar-refractivity contribution in [3.63, 3.8) is 0 Å². The van der Waals surface area contributed by atoms with E-state index in [-0.39, 0.29) is 23.0 Å². The summed E-state index contributed by atoms with van der Waals surface area (Å²) in [6, 6.07) is 7.27. The van der Waals surface area contributed by atoms with Gasteiger partial charge in [0.25, 0.3) is 0 Å². The van der Waals surface area contributed by atoms with E-state index in [0.717, 1.165) is 49.0 Å². The normalized spacial score (nSPS) is 19.5. The van der Waals surface area contributed by atoms with Crippen molar-refractivity contribution in [3.8, 4) is 17.2 Å². The molecule has 1 atom stereocenters. The number of fused-ring (bicyclic) bond motifs is 3. The molecule has 3 aromatic heterocycles. The van der Waals surface area contributed by atoms with Gasteiger partial charge in [0.1, 0.15) is 11.6 Å². The van der Waals surface area contributed by atoms with Crippen LogP contribution in [0.4, 0.5) is 8.78 Å². The standard InChI is InChI=1S/C30H29F2N7O/c1-16-12-20(13-17(2)25(16)31)39-28(24-18(3)33-15-30(8-9-30)27(24)35-39)37-11-10-36(29(37)40)23-7-6-22-21(26(23)32)14-34-38(22)19-4-5-19/h6-7,10-14,18-19,33H,4-5,8-9,15H2,1-3H3/t18-/m0/s1. The summed E-state index contributed by atoms with van der Waals surface area (Å²) in [6.07, 6.45) is 8.93. The van der Waals surface area contributed by atoms with Crippen LogP contribution in [0.2, 0.25) is 0 Å². The van der Waals surface area contributed by atoms with E-state index in [1.54, 1.807) is 55.3 Å². The summed E-state index contributed by atoms with van der Waals surface area (Å²) < 4.78 is 36.9. The van der Waals surface area contributed by atoms with E-state index in [0.29, 0.717) is 34.1 Å². The largest absolute Gasteiger partial charge is 0.338 e. The average molecular weight is 542 g/mol. The summed E-state index contributed by atoms with van der Waals surface area (Å²) in [6.45, 7) is 6.36. The maximum atomic E-state index is 15.8. The highest BCUT2D eigenvalue weighted by Crippen LogP contribution is 2.53. The van der Waals surface area contributed by atoms with Gasteiger partial charge in [0.2, 0.25) is 0 Å². The highest BCUT2D eigenvalue weighted by Gasteiger charge is 2.52. The molecule has 10 heteroatoms. The number of nitrogens with zero attached hydrogens (tertiary/aromatic N) is 6. The summed E-state index contributed by atoms with van der Waals surface area (Å²) in [5.41, 5.74) is 4.07. The van der Waals surface area contributed by atoms with E-state index in [1.165, 1.54) is 9.13 Å². The number of aromatic nitrogens is 6. The molecule has 0 amide bonds. The fraction of sp³-hybridized carbons (Fsp3) is 0.367. The fourth-order valence-electron chi connectivity index (χ4n) is 6.36. The molecule has 8 nitrogen and oxygen atoms in total. The van der Waals surface area contributed by atoms with Crippen molar-refractivity contribution in [3.05, 3.63) is 87.4 Å². The van der Waals surface area contributed by atoms with Crippen LogP contribution in [0, 0.1) is 25.5 Å². The third kappa shape index (κ3) is 3.22. The molecule has 204 valence electrons. The van der Waals surface area contributed by atoms with E-state index in [1.807, 2.05) is 10.7 Å². The van der Waals surface area contributed by atoms with Crippen molar-refractivity contribution in [1.82, 2.24) is 34.0 Å². The minimum Gasteiger partial charge on any atom is -0.309 e. The van der Waals surface area contributed by atoms with Gasteiger partial charge in [-0.2, -0.15) is 10.2 Å². The molecule has 5 aromatic rings. The predicted molar refractivity (Wildman–Crippen MR) is 147 cm³/mol. The van der Waals surface area contributed by atoms with E-state index in [4.69, 9.17) is 5.10 Å². The molecule has 0 unspecified atom stereocenters. The Morgan fingerprint density at radius 2 is 1.75 bits per heavy atom. The highest BCUT2D eigenvalue weighted by molar-refractivity contribution is 5.82. The average Bonchev–Trinajstić information content (AvgIpc) is 3.81. The summed E-state index contributed by atoms with van der Waals surface area (Å²) in [4.78, 5) is 14.0. The van der Waals surface area contributed by atoms with Crippen molar-refractivity contribution in [2.24, 2.45) is 0 Å². The molecule has 1 spiro atoms. The van der Waals surface area contributed by atoms with E-state index in [9.17, 15) is 9.18 Å². The number of hydrogen-bond acceptors (Lipinski definition) is 4. The Kier molecular flexibility index (Phi) is 4.76. The van der Waals surface area contributed by atoms with Crippen molar-refractivity contribution >= 4 is 10.9 Å². The second-order valence-corrected chi connectivity index (χ2v) is 11.7. The first kappa shape index (κ1) is 23.8. The second kappa shape index (κ2) is 8.00. The van der Waals surface area contributed by atoms with Crippen LogP contribution < -0.4 is 11.0 Å². The van der Waals surface area contributed by atoms with Crippen molar-refractivity contribution in [2.75, 3.05) is 6.54 Å². The van der Waals surface area contributed by atoms with Crippen LogP contribution in [-0.2, 0) is 5.41 Å². The zero-order valence-electron chi connectivity index (χ0n) is 22.6. The highest BCUT2D eigenvalue weighted by atomic mass is 19.1. The van der Waals surface area contributed by atoms with Gasteiger partial charge in [-0.25, -0.2) is 18.3 Å². The Labute approximate surface area is 228 Å². The Morgan fingerprint density at radius 1 is 1.02 bits per heavy atom. The lowest BCUT2D eigenvalue weighted by atomic mass is 9.90. The number of imidazole rings is 1. The molecule has 1 aliphatic heterocycles. The first-order chi connectivity index (χ1) is 19.3. The van der Waals surface area contributed by atoms with E-state index >= 15 is 4.39 Å². The molecule has 0 bridgehead atoms. The number of nitrogens with one attached hydrogen (secondary N) is 1. The van der Waals surface area contributed by atoms with Crippen LogP contribution in [0.1, 0.15) is 67.1 Å². The minimum absolute atomic E-state index is 0.0517. The summed E-state index contributed by atoms with van der Waals surface area (Å²) in [5.74, 6) is -0.134. The van der Waals surface area contributed by atoms with Crippen LogP contribution in [0.25, 0.3) is 28.1 Å². The summed E-state index contributed by atoms with van der Waals surface area (Å²) in [7, 11) is 0. The molecule has 1 N–H and O–H groups in total. The van der Waals surface area contributed by atoms with Gasteiger partial charge in [0, 0.05) is 36.0 Å². The van der Waals surface area contributed by atoms with Gasteiger partial charge in [0.15, 0.2) is 5.82 Å². The quantitative estimate of drug-likeness (QED) is 0.344. The molecule has 2 saturated carbocycles. The Hall–Kier alpha value is -4.05. The molecule has 4 heterocycles. The minimum atomic E-state index is -0.475. The van der Waals surface area contributed by atoms with Gasteiger partial charge in [-0.3, -0.25) is 13.8 Å². The number of halogens is 2. The lowest BCUT2D eigenvalue weighted by Crippen LogP contribution is -2.36. The maximum absolute atomic E-state index is 15.8. The fourth-order valence-corrected chi connectivity index (χ4v) is 6.36. The zero-order chi connectivity index (χ0) is 27.5. The molecule has 2 aliphatic carbocycles. The van der Waals surface area contributed by atoms with E-state index in [2.05, 4.69) is 17.3 Å². The van der Waals surface area contributed by atoms with Gasteiger partial charge in [-0.1, -0.05) is 0 Å². The van der Waals surface area contributed by atoms with Gasteiger partial charge in [-0.05, 0) is 81.8 Å². The molecular weight excluding hydrogens is 512 g/mol. The van der Waals surface area contributed by atoms with Crippen molar-refractivity contribution in [1.29, 1.82) is 0 Å². The molecule has 40 heavy (non-hydrogen) atoms. The lowest BCUT2D eigenvalue weighted by molar-refractivity contribution is 0.459. The smallest absolute Gasteiger partial charge is 0.309 e. The van der Waals surface area contributed by atoms with E-state index < -0.39 is 11.5 Å². The van der Waals surface area contributed by atoms with Crippen LogP contribution in [-0.4, -0.2) is 35.2 Å². The predicted octanol–water partition coefficient (Wildman–Crippen LogP) is 5.09. The first-order valence-corrected chi connectivity index (χ1v) is 13.9. The molecule has 2 fully saturated rings. The Morgan fingerprint density at radius 3 is 2.45 bits per heavy atom. The van der Waals surface area contributed by atoms with Crippen LogP contribution in [0.5, 0.6) is 0 Å². The monoisotopic (exact) mass is 541 g/mol. The first-order valence-electron chi connectivity index (χ1n) is 13.9. The Bertz CT molecular complexity index is 1890. The summed E-state index contributed by atoms with van der Waals surface area (Å²) >= 11 is 0. The number of benzene rings is 2. The van der Waals surface area contributed by atoms with Gasteiger partial charge >= 0.3 is 5.69 Å². The van der Waals surface area contributed by atoms with Gasteiger partial charge in [-0.15, -0.1) is 0 Å². The van der Waals surface area contributed by atoms with Crippen LogP contribution >= 0.6 is 0 Å². The maximum Gasteiger partial charge on any atom is 0.338 e. The van der Waals surface area contributed by atoms with Crippen LogP contribution in [0.15, 0.2) is 47.7 Å². The molecular formula is C30H29F2N7O. The van der Waals surface area contributed by atoms with Crippen molar-refractivity contribution < 1.29 is 8.78 Å². The molecule has 0 saturated heterocycles. The molecule has 2 aromatic carbocycles. The summed E-state index contributed by atoms with van der Waals surface area (Å²) in [5, 5.41) is 13.5. The number of rotatable bonds is 4. The second-order valence-electron chi connectivity index (χ2n) is 11.7. The Balaban J connectivity index is 1.34. The SMILES string of the molecule is Cc1cc(-n2nc3c(c2-n2ccn(-c4ccc5c(cnn5C5CC5)c4F)c2=O)[C@H](C)NCC32CC2)cc(C)c1F. The molecule has 0 radical (unpaired) electrons. The van der Waals surface area contributed by atoms with Crippen molar-refractivity contribution in [2.45, 2.75) is 64.0 Å². The lowest BCUT2D eigenvalue weighted by Gasteiger charge is -2.27. The van der Waals surface area contributed by atoms with Crippen LogP contribution in [0.3, 0.4) is 0 Å². The topological polar surface area (TPSA) is 74.6 Å².